The molecule has 0 atom stereocenters. The first-order chi connectivity index (χ1) is 23.6. The molecule has 0 radical (unpaired) electrons. The average molecular weight is 653 g/mol. The molecule has 3 rings (SSSR count). The molecule has 0 aliphatic heterocycles. The highest BCUT2D eigenvalue weighted by atomic mass is 16.5. The number of carbonyl (C=O) groups is 2. The lowest BCUT2D eigenvalue weighted by Crippen LogP contribution is -2.07. The second-order valence-electron chi connectivity index (χ2n) is 12.6. The summed E-state index contributed by atoms with van der Waals surface area (Å²) in [5, 5.41) is 0. The van der Waals surface area contributed by atoms with Crippen LogP contribution in [-0.4, -0.2) is 24.4 Å². The van der Waals surface area contributed by atoms with Crippen molar-refractivity contribution in [1.82, 2.24) is 0 Å². The Morgan fingerprint density at radius 2 is 0.854 bits per heavy atom. The number of esters is 2. The minimum Gasteiger partial charge on any atom is -0.427 e. The maximum Gasteiger partial charge on any atom is 0.311 e. The molecule has 6 heteroatoms. The summed E-state index contributed by atoms with van der Waals surface area (Å²) in [6, 6.07) is 22.5. The molecule has 3 aromatic carbocycles. The smallest absolute Gasteiger partial charge is 0.311 e. The first-order valence-corrected chi connectivity index (χ1v) is 18.4. The molecule has 0 unspecified atom stereocenters. The molecule has 0 aromatic heterocycles. The van der Waals surface area contributed by atoms with Crippen LogP contribution >= 0.6 is 0 Å². The highest BCUT2D eigenvalue weighted by Gasteiger charge is 2.06. The van der Waals surface area contributed by atoms with Gasteiger partial charge in [-0.05, 0) is 90.7 Å². The molecule has 0 aliphatic rings. The normalized spacial score (nSPS) is 11.4. The Balaban J connectivity index is 1.37. The third-order valence-corrected chi connectivity index (χ3v) is 8.25. The highest BCUT2D eigenvalue weighted by molar-refractivity contribution is 5.84. The van der Waals surface area contributed by atoms with Crippen molar-refractivity contribution in [2.24, 2.45) is 9.98 Å². The van der Waals surface area contributed by atoms with Gasteiger partial charge in [0.1, 0.15) is 11.5 Å². The molecule has 0 aliphatic carbocycles. The van der Waals surface area contributed by atoms with Crippen molar-refractivity contribution in [2.75, 3.05) is 0 Å². The lowest BCUT2D eigenvalue weighted by molar-refractivity contribution is -0.135. The Bertz CT molecular complexity index is 1280. The monoisotopic (exact) mass is 652 g/mol. The van der Waals surface area contributed by atoms with Gasteiger partial charge >= 0.3 is 11.9 Å². The quantitative estimate of drug-likeness (QED) is 0.0417. The van der Waals surface area contributed by atoms with Crippen LogP contribution in [0.2, 0.25) is 0 Å². The molecule has 0 saturated heterocycles. The molecule has 3 aromatic rings. The summed E-state index contributed by atoms with van der Waals surface area (Å²) in [6.07, 6.45) is 23.7. The van der Waals surface area contributed by atoms with Gasteiger partial charge in [0.25, 0.3) is 0 Å². The Morgan fingerprint density at radius 1 is 0.500 bits per heavy atom. The van der Waals surface area contributed by atoms with E-state index in [2.05, 4.69) is 23.8 Å². The van der Waals surface area contributed by atoms with Gasteiger partial charge < -0.3 is 9.47 Å². The SMILES string of the molecule is CCCCCCCCCCC(=O)Oc1ccc(C=Nc2cccc(N=Cc3ccc(OC(=O)CCCCCCCCCC)cc3)c2)cc1. The zero-order valence-electron chi connectivity index (χ0n) is 29.3. The molecule has 0 fully saturated rings. The van der Waals surface area contributed by atoms with E-state index >= 15 is 0 Å². The van der Waals surface area contributed by atoms with Gasteiger partial charge in [-0.15, -0.1) is 0 Å². The van der Waals surface area contributed by atoms with E-state index < -0.39 is 0 Å². The number of rotatable bonds is 24. The largest absolute Gasteiger partial charge is 0.427 e. The fraction of sp³-hybridized carbons (Fsp3) is 0.476. The van der Waals surface area contributed by atoms with Crippen LogP contribution in [-0.2, 0) is 9.59 Å². The van der Waals surface area contributed by atoms with Crippen molar-refractivity contribution in [1.29, 1.82) is 0 Å². The Labute approximate surface area is 289 Å². The molecule has 258 valence electrons. The second kappa shape index (κ2) is 24.1. The molecule has 0 amide bonds. The van der Waals surface area contributed by atoms with Gasteiger partial charge in [-0.2, -0.15) is 0 Å². The number of ether oxygens (including phenoxy) is 2. The molecule has 0 bridgehead atoms. The summed E-state index contributed by atoms with van der Waals surface area (Å²) in [7, 11) is 0. The van der Waals surface area contributed by atoms with Gasteiger partial charge in [0.15, 0.2) is 0 Å². The summed E-state index contributed by atoms with van der Waals surface area (Å²) < 4.78 is 11.0. The van der Waals surface area contributed by atoms with Crippen LogP contribution < -0.4 is 9.47 Å². The van der Waals surface area contributed by atoms with Crippen LogP contribution in [0.4, 0.5) is 11.4 Å². The predicted molar refractivity (Wildman–Crippen MR) is 200 cm³/mol. The fourth-order valence-electron chi connectivity index (χ4n) is 5.37. The van der Waals surface area contributed by atoms with Crippen LogP contribution in [0.5, 0.6) is 11.5 Å². The highest BCUT2D eigenvalue weighted by Crippen LogP contribution is 2.22. The molecule has 0 saturated carbocycles. The molecule has 0 spiro atoms. The molecular weight excluding hydrogens is 596 g/mol. The third-order valence-electron chi connectivity index (χ3n) is 8.25. The van der Waals surface area contributed by atoms with Gasteiger partial charge in [-0.3, -0.25) is 19.6 Å². The van der Waals surface area contributed by atoms with Crippen molar-refractivity contribution in [3.8, 4) is 11.5 Å². The van der Waals surface area contributed by atoms with Gasteiger partial charge in [0, 0.05) is 25.3 Å². The van der Waals surface area contributed by atoms with E-state index in [1.165, 1.54) is 77.0 Å². The minimum absolute atomic E-state index is 0.177. The topological polar surface area (TPSA) is 77.3 Å². The Kier molecular flexibility index (Phi) is 19.3. The number of aliphatic imine (C=N–C) groups is 2. The van der Waals surface area contributed by atoms with Crippen LogP contribution in [0, 0.1) is 0 Å². The van der Waals surface area contributed by atoms with E-state index in [1.54, 1.807) is 36.7 Å². The molecule has 6 nitrogen and oxygen atoms in total. The third kappa shape index (κ3) is 17.2. The van der Waals surface area contributed by atoms with E-state index in [9.17, 15) is 9.59 Å². The van der Waals surface area contributed by atoms with Crippen molar-refractivity contribution >= 4 is 35.7 Å². The van der Waals surface area contributed by atoms with Crippen molar-refractivity contribution in [3.63, 3.8) is 0 Å². The van der Waals surface area contributed by atoms with E-state index in [4.69, 9.17) is 9.47 Å². The lowest BCUT2D eigenvalue weighted by Gasteiger charge is -2.05. The van der Waals surface area contributed by atoms with Crippen LogP contribution in [0.25, 0.3) is 0 Å². The number of hydrogen-bond donors (Lipinski definition) is 0. The van der Waals surface area contributed by atoms with Gasteiger partial charge in [0.2, 0.25) is 0 Å². The van der Waals surface area contributed by atoms with E-state index in [0.29, 0.717) is 24.3 Å². The van der Waals surface area contributed by atoms with Gasteiger partial charge in [0.05, 0.1) is 11.4 Å². The van der Waals surface area contributed by atoms with Gasteiger partial charge in [-0.1, -0.05) is 110 Å². The average Bonchev–Trinajstić information content (AvgIpc) is 3.10. The van der Waals surface area contributed by atoms with Crippen LogP contribution in [0.15, 0.2) is 82.8 Å². The van der Waals surface area contributed by atoms with E-state index in [-0.39, 0.29) is 11.9 Å². The first-order valence-electron chi connectivity index (χ1n) is 18.4. The van der Waals surface area contributed by atoms with Gasteiger partial charge in [-0.25, -0.2) is 0 Å². The number of unbranched alkanes of at least 4 members (excludes halogenated alkanes) is 14. The summed E-state index contributed by atoms with van der Waals surface area (Å²) in [5.41, 5.74) is 3.38. The molecule has 0 heterocycles. The van der Waals surface area contributed by atoms with E-state index in [1.807, 2.05) is 48.5 Å². The number of benzene rings is 3. The Morgan fingerprint density at radius 3 is 1.23 bits per heavy atom. The summed E-state index contributed by atoms with van der Waals surface area (Å²) in [6.45, 7) is 4.46. The number of carbonyl (C=O) groups excluding carboxylic acids is 2. The predicted octanol–water partition coefficient (Wildman–Crippen LogP) is 12.1. The number of nitrogens with zero attached hydrogens (tertiary/aromatic N) is 2. The van der Waals surface area contributed by atoms with E-state index in [0.717, 1.165) is 48.2 Å². The number of hydrogen-bond acceptors (Lipinski definition) is 6. The summed E-state index contributed by atoms with van der Waals surface area (Å²) in [4.78, 5) is 33.6. The summed E-state index contributed by atoms with van der Waals surface area (Å²) in [5.74, 6) is 0.753. The first kappa shape index (κ1) is 38.4. The fourth-order valence-corrected chi connectivity index (χ4v) is 5.37. The maximum atomic E-state index is 12.2. The molecule has 48 heavy (non-hydrogen) atoms. The van der Waals surface area contributed by atoms with Crippen molar-refractivity contribution < 1.29 is 19.1 Å². The second-order valence-corrected chi connectivity index (χ2v) is 12.6. The zero-order valence-corrected chi connectivity index (χ0v) is 29.3. The summed E-state index contributed by atoms with van der Waals surface area (Å²) >= 11 is 0. The Hall–Kier alpha value is -4.06. The van der Waals surface area contributed by atoms with Crippen LogP contribution in [0.3, 0.4) is 0 Å². The van der Waals surface area contributed by atoms with Crippen molar-refractivity contribution in [3.05, 3.63) is 83.9 Å². The van der Waals surface area contributed by atoms with Crippen molar-refractivity contribution in [2.45, 2.75) is 129 Å². The zero-order chi connectivity index (χ0) is 34.1. The maximum absolute atomic E-state index is 12.2. The molecule has 0 N–H and O–H groups in total. The lowest BCUT2D eigenvalue weighted by atomic mass is 10.1. The molecular formula is C42H56N2O4. The minimum atomic E-state index is -0.177. The standard InChI is InChI=1S/C42H56N2O4/c1-3-5-7-9-11-13-15-17-22-41(45)47-39-28-24-35(25-29-39)33-43-37-20-19-21-38(32-37)44-34-36-26-30-40(31-27-36)48-42(46)23-18-16-14-12-10-8-6-4-2/h19-21,24-34H,3-18,22-23H2,1-2H3. The van der Waals surface area contributed by atoms with Crippen LogP contribution in [0.1, 0.15) is 141 Å².